The largest absolute Gasteiger partial charge is 0.487 e. The van der Waals surface area contributed by atoms with E-state index in [4.69, 9.17) is 9.15 Å². The summed E-state index contributed by atoms with van der Waals surface area (Å²) in [7, 11) is 0. The molecule has 124 valence electrons. The van der Waals surface area contributed by atoms with Gasteiger partial charge in [-0.15, -0.1) is 0 Å². The SMILES string of the molecule is CCc1cc(=O)oc2cc(OC3CCC(O)C(O)C3O)ccc12. The third kappa shape index (κ3) is 3.10. The van der Waals surface area contributed by atoms with Crippen LogP contribution >= 0.6 is 0 Å². The number of rotatable bonds is 3. The average molecular weight is 320 g/mol. The van der Waals surface area contributed by atoms with Crippen molar-refractivity contribution in [1.29, 1.82) is 0 Å². The molecule has 2 aromatic rings. The van der Waals surface area contributed by atoms with E-state index in [1.165, 1.54) is 6.07 Å². The molecule has 4 unspecified atom stereocenters. The molecule has 1 aliphatic carbocycles. The first-order chi connectivity index (χ1) is 11.0. The number of aliphatic hydroxyl groups is 3. The summed E-state index contributed by atoms with van der Waals surface area (Å²) >= 11 is 0. The molecule has 1 aromatic carbocycles. The van der Waals surface area contributed by atoms with Gasteiger partial charge in [-0.2, -0.15) is 0 Å². The van der Waals surface area contributed by atoms with Crippen LogP contribution in [0, 0.1) is 0 Å². The minimum Gasteiger partial charge on any atom is -0.487 e. The highest BCUT2D eigenvalue weighted by Crippen LogP contribution is 2.28. The predicted molar refractivity (Wildman–Crippen MR) is 83.5 cm³/mol. The summed E-state index contributed by atoms with van der Waals surface area (Å²) in [5.74, 6) is 0.446. The van der Waals surface area contributed by atoms with Gasteiger partial charge in [0.05, 0.1) is 6.10 Å². The first kappa shape index (κ1) is 16.0. The van der Waals surface area contributed by atoms with E-state index in [2.05, 4.69) is 0 Å². The van der Waals surface area contributed by atoms with E-state index in [0.29, 0.717) is 30.6 Å². The summed E-state index contributed by atoms with van der Waals surface area (Å²) in [6.45, 7) is 1.96. The van der Waals surface area contributed by atoms with E-state index in [1.807, 2.05) is 13.0 Å². The molecule has 1 aliphatic rings. The topological polar surface area (TPSA) is 100 Å². The highest BCUT2D eigenvalue weighted by molar-refractivity contribution is 5.81. The molecule has 4 atom stereocenters. The van der Waals surface area contributed by atoms with Crippen molar-refractivity contribution in [2.75, 3.05) is 0 Å². The van der Waals surface area contributed by atoms with Crippen LogP contribution in [0.5, 0.6) is 5.75 Å². The molecule has 0 radical (unpaired) electrons. The van der Waals surface area contributed by atoms with Gasteiger partial charge in [0.15, 0.2) is 0 Å². The minimum atomic E-state index is -1.22. The number of ether oxygens (including phenoxy) is 1. The maximum Gasteiger partial charge on any atom is 0.336 e. The molecule has 0 saturated heterocycles. The summed E-state index contributed by atoms with van der Waals surface area (Å²) < 4.78 is 10.9. The standard InChI is InChI=1S/C17H20O6/c1-2-9-7-15(19)23-14-8-10(3-4-11(9)14)22-13-6-5-12(18)16(20)17(13)21/h3-4,7-8,12-13,16-18,20-21H,2,5-6H2,1H3. The second-order valence-corrected chi connectivity index (χ2v) is 5.88. The van der Waals surface area contributed by atoms with Crippen molar-refractivity contribution >= 4 is 11.0 Å². The lowest BCUT2D eigenvalue weighted by Crippen LogP contribution is -2.51. The Morgan fingerprint density at radius 3 is 2.70 bits per heavy atom. The van der Waals surface area contributed by atoms with Crippen molar-refractivity contribution in [2.45, 2.75) is 50.6 Å². The molecule has 1 heterocycles. The molecular formula is C17H20O6. The molecule has 6 nitrogen and oxygen atoms in total. The lowest BCUT2D eigenvalue weighted by molar-refractivity contribution is -0.128. The Balaban J connectivity index is 1.88. The van der Waals surface area contributed by atoms with Crippen LogP contribution in [0.3, 0.4) is 0 Å². The molecule has 1 saturated carbocycles. The van der Waals surface area contributed by atoms with Crippen molar-refractivity contribution in [1.82, 2.24) is 0 Å². The Hall–Kier alpha value is -1.89. The molecule has 0 amide bonds. The van der Waals surface area contributed by atoms with Crippen LogP contribution in [-0.4, -0.2) is 39.7 Å². The van der Waals surface area contributed by atoms with Gasteiger partial charge < -0.3 is 24.5 Å². The van der Waals surface area contributed by atoms with E-state index in [1.54, 1.807) is 12.1 Å². The van der Waals surface area contributed by atoms with Crippen molar-refractivity contribution in [2.24, 2.45) is 0 Å². The van der Waals surface area contributed by atoms with Crippen LogP contribution in [0.4, 0.5) is 0 Å². The zero-order valence-corrected chi connectivity index (χ0v) is 12.8. The number of aryl methyl sites for hydroxylation is 1. The zero-order valence-electron chi connectivity index (χ0n) is 12.8. The number of benzene rings is 1. The number of aliphatic hydroxyl groups excluding tert-OH is 3. The lowest BCUT2D eigenvalue weighted by Gasteiger charge is -2.35. The molecule has 6 heteroatoms. The van der Waals surface area contributed by atoms with E-state index >= 15 is 0 Å². The van der Waals surface area contributed by atoms with E-state index in [9.17, 15) is 20.1 Å². The maximum absolute atomic E-state index is 11.6. The second kappa shape index (κ2) is 6.31. The smallest absolute Gasteiger partial charge is 0.336 e. The first-order valence-corrected chi connectivity index (χ1v) is 7.77. The van der Waals surface area contributed by atoms with Gasteiger partial charge in [0.1, 0.15) is 29.6 Å². The van der Waals surface area contributed by atoms with Gasteiger partial charge in [-0.25, -0.2) is 4.79 Å². The third-order valence-electron chi connectivity index (χ3n) is 4.34. The van der Waals surface area contributed by atoms with Crippen LogP contribution in [0.15, 0.2) is 33.5 Å². The van der Waals surface area contributed by atoms with Crippen molar-refractivity contribution < 1.29 is 24.5 Å². The third-order valence-corrected chi connectivity index (χ3v) is 4.34. The molecule has 3 rings (SSSR count). The molecule has 3 N–H and O–H groups in total. The summed E-state index contributed by atoms with van der Waals surface area (Å²) in [6.07, 6.45) is -2.45. The molecule has 1 aromatic heterocycles. The van der Waals surface area contributed by atoms with Gasteiger partial charge in [-0.05, 0) is 37.0 Å². The normalized spacial score (nSPS) is 28.0. The zero-order chi connectivity index (χ0) is 16.6. The van der Waals surface area contributed by atoms with Crippen LogP contribution in [-0.2, 0) is 6.42 Å². The molecule has 23 heavy (non-hydrogen) atoms. The Bertz CT molecular complexity index is 752. The number of fused-ring (bicyclic) bond motifs is 1. The fourth-order valence-corrected chi connectivity index (χ4v) is 3.00. The quantitative estimate of drug-likeness (QED) is 0.729. The van der Waals surface area contributed by atoms with Gasteiger partial charge in [-0.1, -0.05) is 6.92 Å². The molecule has 0 bridgehead atoms. The molecular weight excluding hydrogens is 300 g/mol. The van der Waals surface area contributed by atoms with Crippen LogP contribution in [0.2, 0.25) is 0 Å². The van der Waals surface area contributed by atoms with Crippen LogP contribution in [0.25, 0.3) is 11.0 Å². The van der Waals surface area contributed by atoms with Crippen LogP contribution in [0.1, 0.15) is 25.3 Å². The Morgan fingerprint density at radius 1 is 1.17 bits per heavy atom. The van der Waals surface area contributed by atoms with Crippen molar-refractivity contribution in [3.8, 4) is 5.75 Å². The fourth-order valence-electron chi connectivity index (χ4n) is 3.00. The van der Waals surface area contributed by atoms with E-state index in [0.717, 1.165) is 10.9 Å². The second-order valence-electron chi connectivity index (χ2n) is 5.88. The van der Waals surface area contributed by atoms with E-state index < -0.39 is 30.0 Å². The summed E-state index contributed by atoms with van der Waals surface area (Å²) in [5, 5.41) is 30.1. The predicted octanol–water partition coefficient (Wildman–Crippen LogP) is 0.979. The van der Waals surface area contributed by atoms with Crippen LogP contribution < -0.4 is 10.4 Å². The van der Waals surface area contributed by atoms with Gasteiger partial charge in [-0.3, -0.25) is 0 Å². The highest BCUT2D eigenvalue weighted by atomic mass is 16.5. The van der Waals surface area contributed by atoms with Crippen molar-refractivity contribution in [3.05, 3.63) is 40.2 Å². The summed E-state index contributed by atoms with van der Waals surface area (Å²) in [4.78, 5) is 11.6. The fraction of sp³-hybridized carbons (Fsp3) is 0.471. The average Bonchev–Trinajstić information content (AvgIpc) is 2.54. The Morgan fingerprint density at radius 2 is 1.96 bits per heavy atom. The Labute approximate surface area is 132 Å². The monoisotopic (exact) mass is 320 g/mol. The highest BCUT2D eigenvalue weighted by Gasteiger charge is 2.37. The first-order valence-electron chi connectivity index (χ1n) is 7.77. The number of hydrogen-bond acceptors (Lipinski definition) is 6. The maximum atomic E-state index is 11.6. The van der Waals surface area contributed by atoms with Gasteiger partial charge in [0.25, 0.3) is 0 Å². The number of hydrogen-bond donors (Lipinski definition) is 3. The van der Waals surface area contributed by atoms with Gasteiger partial charge in [0.2, 0.25) is 0 Å². The van der Waals surface area contributed by atoms with Crippen molar-refractivity contribution in [3.63, 3.8) is 0 Å². The molecule has 1 fully saturated rings. The minimum absolute atomic E-state index is 0.353. The molecule has 0 aliphatic heterocycles. The molecule has 0 spiro atoms. The lowest BCUT2D eigenvalue weighted by atomic mass is 9.89. The van der Waals surface area contributed by atoms with E-state index in [-0.39, 0.29) is 0 Å². The van der Waals surface area contributed by atoms with Gasteiger partial charge >= 0.3 is 5.63 Å². The summed E-state index contributed by atoms with van der Waals surface area (Å²) in [6, 6.07) is 6.64. The van der Waals surface area contributed by atoms with Gasteiger partial charge in [0, 0.05) is 17.5 Å². The summed E-state index contributed by atoms with van der Waals surface area (Å²) in [5.41, 5.74) is 0.916. The Kier molecular flexibility index (Phi) is 4.39.